The molecule has 1 heterocycles. The van der Waals surface area contributed by atoms with Gasteiger partial charge in [-0.2, -0.15) is 0 Å². The number of aromatic nitrogens is 1. The molecule has 2 N–H and O–H groups in total. The third-order valence-corrected chi connectivity index (χ3v) is 4.77. The van der Waals surface area contributed by atoms with Gasteiger partial charge in [0.15, 0.2) is 0 Å². The largest absolute Gasteiger partial charge is 0.348 e. The zero-order valence-corrected chi connectivity index (χ0v) is 15.4. The highest BCUT2D eigenvalue weighted by Crippen LogP contribution is 2.24. The number of allylic oxidation sites excluding steroid dienone is 1. The third kappa shape index (κ3) is 6.06. The molecular formula is C22H25N3O2. The van der Waals surface area contributed by atoms with Crippen molar-refractivity contribution in [2.75, 3.05) is 5.32 Å². The Morgan fingerprint density at radius 3 is 2.56 bits per heavy atom. The van der Waals surface area contributed by atoms with E-state index in [0.717, 1.165) is 11.3 Å². The van der Waals surface area contributed by atoms with E-state index in [1.54, 1.807) is 24.4 Å². The van der Waals surface area contributed by atoms with Gasteiger partial charge >= 0.3 is 0 Å². The normalized spacial score (nSPS) is 14.8. The summed E-state index contributed by atoms with van der Waals surface area (Å²) in [4.78, 5) is 28.0. The van der Waals surface area contributed by atoms with Gasteiger partial charge in [-0.05, 0) is 54.7 Å². The Morgan fingerprint density at radius 1 is 1.07 bits per heavy atom. The Hall–Kier alpha value is -2.95. The fourth-order valence-corrected chi connectivity index (χ4v) is 3.22. The first-order valence-electron chi connectivity index (χ1n) is 9.47. The molecule has 0 unspecified atom stereocenters. The van der Waals surface area contributed by atoms with E-state index in [0.29, 0.717) is 18.0 Å². The SMILES string of the molecule is O=C(/C=C/C1CCCCC1)Nc1ccc(CNC(=O)c2cccnc2)cc1. The Labute approximate surface area is 159 Å². The Morgan fingerprint density at radius 2 is 1.85 bits per heavy atom. The molecule has 1 aromatic carbocycles. The van der Waals surface area contributed by atoms with Crippen LogP contribution in [0.25, 0.3) is 0 Å². The highest BCUT2D eigenvalue weighted by molar-refractivity contribution is 5.99. The van der Waals surface area contributed by atoms with E-state index in [1.807, 2.05) is 30.3 Å². The summed E-state index contributed by atoms with van der Waals surface area (Å²) in [6.45, 7) is 0.420. The summed E-state index contributed by atoms with van der Waals surface area (Å²) in [5, 5.41) is 5.73. The molecule has 1 aliphatic carbocycles. The number of carbonyl (C=O) groups excluding carboxylic acids is 2. The van der Waals surface area contributed by atoms with Crippen molar-refractivity contribution in [3.63, 3.8) is 0 Å². The van der Waals surface area contributed by atoms with Gasteiger partial charge in [0.25, 0.3) is 5.91 Å². The molecule has 1 aliphatic rings. The fourth-order valence-electron chi connectivity index (χ4n) is 3.22. The van der Waals surface area contributed by atoms with Gasteiger partial charge in [0.05, 0.1) is 5.56 Å². The first-order valence-corrected chi connectivity index (χ1v) is 9.47. The zero-order chi connectivity index (χ0) is 18.9. The quantitative estimate of drug-likeness (QED) is 0.760. The second kappa shape index (κ2) is 9.67. The van der Waals surface area contributed by atoms with Gasteiger partial charge in [-0.1, -0.05) is 37.5 Å². The van der Waals surface area contributed by atoms with Crippen LogP contribution < -0.4 is 10.6 Å². The van der Waals surface area contributed by atoms with Crippen molar-refractivity contribution in [1.29, 1.82) is 0 Å². The maximum Gasteiger partial charge on any atom is 0.253 e. The number of carbonyl (C=O) groups is 2. The van der Waals surface area contributed by atoms with E-state index < -0.39 is 0 Å². The number of nitrogens with one attached hydrogen (secondary N) is 2. The molecule has 1 saturated carbocycles. The lowest BCUT2D eigenvalue weighted by molar-refractivity contribution is -0.111. The predicted molar refractivity (Wildman–Crippen MR) is 106 cm³/mol. The first-order chi connectivity index (χ1) is 13.2. The first kappa shape index (κ1) is 18.8. The molecule has 27 heavy (non-hydrogen) atoms. The minimum absolute atomic E-state index is 0.0989. The van der Waals surface area contributed by atoms with E-state index in [9.17, 15) is 9.59 Å². The molecule has 0 radical (unpaired) electrons. The summed E-state index contributed by atoms with van der Waals surface area (Å²) in [5.41, 5.74) is 2.24. The average Bonchev–Trinajstić information content (AvgIpc) is 2.73. The van der Waals surface area contributed by atoms with Crippen LogP contribution in [0.5, 0.6) is 0 Å². The number of rotatable bonds is 6. The van der Waals surface area contributed by atoms with Gasteiger partial charge in [-0.3, -0.25) is 14.6 Å². The van der Waals surface area contributed by atoms with Crippen LogP contribution in [-0.4, -0.2) is 16.8 Å². The summed E-state index contributed by atoms with van der Waals surface area (Å²) in [7, 11) is 0. The summed E-state index contributed by atoms with van der Waals surface area (Å²) in [6.07, 6.45) is 13.1. The van der Waals surface area contributed by atoms with Crippen molar-refractivity contribution in [3.8, 4) is 0 Å². The van der Waals surface area contributed by atoms with Crippen LogP contribution >= 0.6 is 0 Å². The Balaban J connectivity index is 1.46. The molecule has 0 spiro atoms. The maximum atomic E-state index is 12.1. The number of hydrogen-bond acceptors (Lipinski definition) is 3. The van der Waals surface area contributed by atoms with Gasteiger partial charge in [0.1, 0.15) is 0 Å². The zero-order valence-electron chi connectivity index (χ0n) is 15.4. The van der Waals surface area contributed by atoms with Crippen molar-refractivity contribution in [1.82, 2.24) is 10.3 Å². The van der Waals surface area contributed by atoms with Gasteiger partial charge in [-0.25, -0.2) is 0 Å². The topological polar surface area (TPSA) is 71.1 Å². The summed E-state index contributed by atoms with van der Waals surface area (Å²) >= 11 is 0. The van der Waals surface area contributed by atoms with Crippen LogP contribution in [0, 0.1) is 5.92 Å². The van der Waals surface area contributed by atoms with Crippen molar-refractivity contribution in [3.05, 3.63) is 72.1 Å². The van der Waals surface area contributed by atoms with Crippen LogP contribution in [0.4, 0.5) is 5.69 Å². The van der Waals surface area contributed by atoms with Crippen molar-refractivity contribution >= 4 is 17.5 Å². The monoisotopic (exact) mass is 363 g/mol. The molecule has 2 aromatic rings. The lowest BCUT2D eigenvalue weighted by atomic mass is 9.89. The maximum absolute atomic E-state index is 12.1. The standard InChI is InChI=1S/C22H25N3O2/c26-21(13-10-17-5-2-1-3-6-17)25-20-11-8-18(9-12-20)15-24-22(27)19-7-4-14-23-16-19/h4,7-14,16-17H,1-3,5-6,15H2,(H,24,27)(H,25,26)/b13-10+. The van der Waals surface area contributed by atoms with Crippen LogP contribution in [0.1, 0.15) is 48.0 Å². The lowest BCUT2D eigenvalue weighted by Gasteiger charge is -2.17. The van der Waals surface area contributed by atoms with Crippen molar-refractivity contribution < 1.29 is 9.59 Å². The van der Waals surface area contributed by atoms with Crippen LogP contribution in [0.15, 0.2) is 60.9 Å². The summed E-state index contributed by atoms with van der Waals surface area (Å²) in [6, 6.07) is 10.9. The summed E-state index contributed by atoms with van der Waals surface area (Å²) in [5.74, 6) is 0.279. The van der Waals surface area contributed by atoms with Crippen molar-refractivity contribution in [2.45, 2.75) is 38.6 Å². The highest BCUT2D eigenvalue weighted by Gasteiger charge is 2.10. The third-order valence-electron chi connectivity index (χ3n) is 4.77. The van der Waals surface area contributed by atoms with E-state index in [-0.39, 0.29) is 11.8 Å². The molecule has 1 aromatic heterocycles. The fraction of sp³-hybridized carbons (Fsp3) is 0.318. The number of nitrogens with zero attached hydrogens (tertiary/aromatic N) is 1. The number of pyridine rings is 1. The highest BCUT2D eigenvalue weighted by atomic mass is 16.2. The minimum atomic E-state index is -0.159. The molecule has 0 saturated heterocycles. The van der Waals surface area contributed by atoms with Crippen molar-refractivity contribution in [2.24, 2.45) is 5.92 Å². The predicted octanol–water partition coefficient (Wildman–Crippen LogP) is 4.09. The van der Waals surface area contributed by atoms with Gasteiger partial charge < -0.3 is 10.6 Å². The number of amides is 2. The van der Waals surface area contributed by atoms with E-state index in [4.69, 9.17) is 0 Å². The Bertz CT molecular complexity index is 779. The van der Waals surface area contributed by atoms with Gasteiger partial charge in [0.2, 0.25) is 5.91 Å². The molecule has 140 valence electrons. The molecule has 0 atom stereocenters. The second-order valence-electron chi connectivity index (χ2n) is 6.87. The minimum Gasteiger partial charge on any atom is -0.348 e. The molecule has 1 fully saturated rings. The lowest BCUT2D eigenvalue weighted by Crippen LogP contribution is -2.22. The number of anilines is 1. The van der Waals surface area contributed by atoms with Crippen LogP contribution in [0.2, 0.25) is 0 Å². The summed E-state index contributed by atoms with van der Waals surface area (Å²) < 4.78 is 0. The molecule has 3 rings (SSSR count). The number of benzene rings is 1. The molecule has 0 bridgehead atoms. The number of hydrogen-bond donors (Lipinski definition) is 2. The molecule has 2 amide bonds. The van der Waals surface area contributed by atoms with Crippen LogP contribution in [0.3, 0.4) is 0 Å². The molecule has 0 aliphatic heterocycles. The molecule has 5 heteroatoms. The van der Waals surface area contributed by atoms with Gasteiger partial charge in [0, 0.05) is 24.6 Å². The average molecular weight is 363 g/mol. The molecule has 5 nitrogen and oxygen atoms in total. The van der Waals surface area contributed by atoms with E-state index in [1.165, 1.54) is 38.3 Å². The van der Waals surface area contributed by atoms with Gasteiger partial charge in [-0.15, -0.1) is 0 Å². The van der Waals surface area contributed by atoms with E-state index in [2.05, 4.69) is 15.6 Å². The smallest absolute Gasteiger partial charge is 0.253 e. The second-order valence-corrected chi connectivity index (χ2v) is 6.87. The van der Waals surface area contributed by atoms with E-state index >= 15 is 0 Å². The van der Waals surface area contributed by atoms with Crippen LogP contribution in [-0.2, 0) is 11.3 Å². The Kier molecular flexibility index (Phi) is 6.74. The molecular weight excluding hydrogens is 338 g/mol.